The fourth-order valence-corrected chi connectivity index (χ4v) is 10.2. The molecular weight excluding hydrogens is 835 g/mol. The van der Waals surface area contributed by atoms with Crippen molar-refractivity contribution in [3.05, 3.63) is 121 Å². The predicted octanol–water partition coefficient (Wildman–Crippen LogP) is 9.63. The molecule has 326 valence electrons. The lowest BCUT2D eigenvalue weighted by atomic mass is 9.98. The third kappa shape index (κ3) is 7.51. The van der Waals surface area contributed by atoms with Crippen LogP contribution >= 0.6 is 23.2 Å². The summed E-state index contributed by atoms with van der Waals surface area (Å²) in [6.45, 7) is 16.5. The number of pyridine rings is 1. The first-order chi connectivity index (χ1) is 30.2. The molecule has 7 aromatic rings. The summed E-state index contributed by atoms with van der Waals surface area (Å²) in [4.78, 5) is 37.8. The number of aromatic carboxylic acids is 1. The largest absolute Gasteiger partial charge is 0.494 e. The number of aromatic nitrogens is 5. The SMILES string of the molecule is Cc1cc(N2C[C@@H](C)n3c(c(CCCOc4cc(C)c(Cl)c(C)c4)c4ccc(Cl)c(-c5c(C)nn(C)c5C)c43)C2=O)c2c(c1)cc(C(=O)O)n2Cc1cccc(N2CCNCC2)n1. The Morgan fingerprint density at radius 1 is 0.952 bits per heavy atom. The number of amides is 1. The number of carboxylic acid groups (broad SMARTS) is 1. The number of aryl methyl sites for hydroxylation is 6. The fraction of sp³-hybridized carbons (Fsp3) is 0.347. The number of anilines is 2. The highest BCUT2D eigenvalue weighted by Crippen LogP contribution is 2.46. The van der Waals surface area contributed by atoms with E-state index in [1.165, 1.54) is 0 Å². The van der Waals surface area contributed by atoms with Crippen molar-refractivity contribution in [3.8, 4) is 16.9 Å². The number of ether oxygens (including phenoxy) is 1. The summed E-state index contributed by atoms with van der Waals surface area (Å²) in [6, 6.07) is 19.3. The van der Waals surface area contributed by atoms with Crippen LogP contribution in [-0.2, 0) is 20.0 Å². The van der Waals surface area contributed by atoms with Gasteiger partial charge < -0.3 is 34.1 Å². The minimum Gasteiger partial charge on any atom is -0.494 e. The average Bonchev–Trinajstić information content (AvgIpc) is 3.88. The number of hydrogen-bond acceptors (Lipinski definition) is 7. The molecule has 0 unspecified atom stereocenters. The molecule has 0 radical (unpaired) electrons. The molecule has 63 heavy (non-hydrogen) atoms. The average molecular weight is 888 g/mol. The van der Waals surface area contributed by atoms with Crippen LogP contribution in [0.3, 0.4) is 0 Å². The highest BCUT2D eigenvalue weighted by molar-refractivity contribution is 6.35. The van der Waals surface area contributed by atoms with E-state index < -0.39 is 5.97 Å². The Bertz CT molecular complexity index is 2950. The van der Waals surface area contributed by atoms with Crippen LogP contribution in [0.2, 0.25) is 10.0 Å². The molecule has 0 spiro atoms. The number of hydrogen-bond donors (Lipinski definition) is 2. The Morgan fingerprint density at radius 2 is 1.70 bits per heavy atom. The number of nitrogens with zero attached hydrogens (tertiary/aromatic N) is 7. The van der Waals surface area contributed by atoms with Gasteiger partial charge >= 0.3 is 5.97 Å². The quantitative estimate of drug-likeness (QED) is 0.123. The Labute approximate surface area is 377 Å². The molecule has 0 aliphatic carbocycles. The Hall–Kier alpha value is -5.82. The Balaban J connectivity index is 1.18. The first kappa shape index (κ1) is 42.5. The van der Waals surface area contributed by atoms with Crippen molar-refractivity contribution in [1.29, 1.82) is 0 Å². The van der Waals surface area contributed by atoms with Crippen LogP contribution in [0.1, 0.15) is 79.7 Å². The Morgan fingerprint density at radius 3 is 2.40 bits per heavy atom. The number of carbonyl (C=O) groups is 2. The van der Waals surface area contributed by atoms with Crippen molar-refractivity contribution in [2.24, 2.45) is 7.05 Å². The molecule has 0 saturated carbocycles. The minimum atomic E-state index is -1.05. The molecule has 2 aliphatic rings. The van der Waals surface area contributed by atoms with Crippen molar-refractivity contribution in [2.75, 3.05) is 49.1 Å². The van der Waals surface area contributed by atoms with Crippen molar-refractivity contribution in [3.63, 3.8) is 0 Å². The molecule has 2 aliphatic heterocycles. The van der Waals surface area contributed by atoms with Gasteiger partial charge in [-0.15, -0.1) is 0 Å². The number of rotatable bonds is 11. The Kier molecular flexibility index (Phi) is 11.3. The standard InChI is InChI=1S/C49H52Cl2N8O4/c1-27-20-33-24-40(49(61)62)57(26-34-10-8-12-41(53-34)56-17-15-52-16-18-56)45(33)39(21-27)58-25-30(4)59-46-37(13-14-38(50)43(46)42-31(5)54-55(7)32(42)6)36(47(59)48(58)60)11-9-19-63-35-22-28(2)44(51)29(3)23-35/h8,10,12-14,20-24,30,52H,9,11,15-19,25-26H2,1-7H3,(H,61,62)/t30-/m1/s1. The second-order valence-corrected chi connectivity index (χ2v) is 17.9. The second kappa shape index (κ2) is 16.7. The van der Waals surface area contributed by atoms with Crippen LogP contribution in [0.5, 0.6) is 5.75 Å². The van der Waals surface area contributed by atoms with Crippen molar-refractivity contribution < 1.29 is 19.4 Å². The van der Waals surface area contributed by atoms with E-state index in [9.17, 15) is 9.90 Å². The minimum absolute atomic E-state index is 0.131. The van der Waals surface area contributed by atoms with Gasteiger partial charge in [-0.3, -0.25) is 9.48 Å². The molecule has 1 fully saturated rings. The monoisotopic (exact) mass is 886 g/mol. The van der Waals surface area contributed by atoms with Crippen molar-refractivity contribution in [1.82, 2.24) is 29.2 Å². The van der Waals surface area contributed by atoms with E-state index in [2.05, 4.69) is 21.7 Å². The van der Waals surface area contributed by atoms with Gasteiger partial charge in [-0.05, 0) is 125 Å². The zero-order chi connectivity index (χ0) is 44.4. The van der Waals surface area contributed by atoms with Crippen LogP contribution < -0.4 is 19.9 Å². The summed E-state index contributed by atoms with van der Waals surface area (Å²) in [6.07, 6.45) is 1.19. The highest BCUT2D eigenvalue weighted by atomic mass is 35.5. The van der Waals surface area contributed by atoms with Gasteiger partial charge in [0, 0.05) is 78.4 Å². The summed E-state index contributed by atoms with van der Waals surface area (Å²) in [5.74, 6) is 0.397. The lowest BCUT2D eigenvalue weighted by molar-refractivity contribution is 0.0686. The zero-order valence-electron chi connectivity index (χ0n) is 36.8. The van der Waals surface area contributed by atoms with Crippen molar-refractivity contribution >= 4 is 68.4 Å². The van der Waals surface area contributed by atoms with Crippen LogP contribution in [0.4, 0.5) is 11.5 Å². The molecule has 2 N–H and O–H groups in total. The molecule has 14 heteroatoms. The first-order valence-electron chi connectivity index (χ1n) is 21.6. The van der Waals surface area contributed by atoms with Crippen LogP contribution in [0.15, 0.2) is 60.7 Å². The van der Waals surface area contributed by atoms with Gasteiger partial charge in [0.2, 0.25) is 0 Å². The summed E-state index contributed by atoms with van der Waals surface area (Å²) in [5, 5.41) is 21.8. The number of fused-ring (bicyclic) bond motifs is 4. The maximum atomic E-state index is 15.6. The van der Waals surface area contributed by atoms with Gasteiger partial charge in [-0.25, -0.2) is 9.78 Å². The van der Waals surface area contributed by atoms with E-state index in [-0.39, 0.29) is 24.2 Å². The first-order valence-corrected chi connectivity index (χ1v) is 22.3. The number of halogens is 2. The summed E-state index contributed by atoms with van der Waals surface area (Å²) >= 11 is 13.7. The molecule has 1 amide bonds. The summed E-state index contributed by atoms with van der Waals surface area (Å²) in [7, 11) is 1.93. The van der Waals surface area contributed by atoms with E-state index in [0.29, 0.717) is 47.9 Å². The molecule has 1 saturated heterocycles. The third-order valence-corrected chi connectivity index (χ3v) is 13.7. The smallest absolute Gasteiger partial charge is 0.352 e. The lowest BCUT2D eigenvalue weighted by Crippen LogP contribution is -2.44. The molecule has 4 aromatic heterocycles. The van der Waals surface area contributed by atoms with E-state index in [1.807, 2.05) is 110 Å². The van der Waals surface area contributed by atoms with Gasteiger partial charge in [0.15, 0.2) is 0 Å². The summed E-state index contributed by atoms with van der Waals surface area (Å²) < 4.78 is 12.2. The van der Waals surface area contributed by atoms with E-state index >= 15 is 4.79 Å². The molecule has 6 heterocycles. The zero-order valence-corrected chi connectivity index (χ0v) is 38.3. The van der Waals surface area contributed by atoms with Gasteiger partial charge in [0.1, 0.15) is 23.0 Å². The predicted molar refractivity (Wildman–Crippen MR) is 252 cm³/mol. The second-order valence-electron chi connectivity index (χ2n) is 17.1. The molecule has 12 nitrogen and oxygen atoms in total. The third-order valence-electron chi connectivity index (χ3n) is 12.7. The van der Waals surface area contributed by atoms with Crippen LogP contribution in [-0.4, -0.2) is 80.2 Å². The summed E-state index contributed by atoms with van der Waals surface area (Å²) in [5.41, 5.74) is 11.0. The number of benzene rings is 3. The van der Waals surface area contributed by atoms with Gasteiger partial charge in [-0.2, -0.15) is 5.10 Å². The number of carbonyl (C=O) groups excluding carboxylic acids is 1. The van der Waals surface area contributed by atoms with Gasteiger partial charge in [-0.1, -0.05) is 35.3 Å². The molecule has 1 atom stereocenters. The van der Waals surface area contributed by atoms with E-state index in [1.54, 1.807) is 6.07 Å². The van der Waals surface area contributed by atoms with Gasteiger partial charge in [0.25, 0.3) is 5.91 Å². The van der Waals surface area contributed by atoms with Crippen LogP contribution in [0.25, 0.3) is 32.9 Å². The van der Waals surface area contributed by atoms with Gasteiger partial charge in [0.05, 0.1) is 46.3 Å². The maximum Gasteiger partial charge on any atom is 0.352 e. The number of carboxylic acids is 1. The molecule has 3 aromatic carbocycles. The maximum absolute atomic E-state index is 15.6. The lowest BCUT2D eigenvalue weighted by Gasteiger charge is -2.35. The number of piperazine rings is 1. The van der Waals surface area contributed by atoms with E-state index in [4.69, 9.17) is 38.0 Å². The van der Waals surface area contributed by atoms with Crippen molar-refractivity contribution in [2.45, 2.75) is 67.0 Å². The molecular formula is C49H52Cl2N8O4. The number of nitrogens with one attached hydrogen (secondary N) is 1. The molecule has 0 bridgehead atoms. The van der Waals surface area contributed by atoms with E-state index in [0.717, 1.165) is 110 Å². The normalized spacial score (nSPS) is 15.5. The topological polar surface area (TPSA) is 123 Å². The highest BCUT2D eigenvalue weighted by Gasteiger charge is 2.38. The van der Waals surface area contributed by atoms with Crippen LogP contribution in [0, 0.1) is 34.6 Å². The molecule has 9 rings (SSSR count). The fourth-order valence-electron chi connectivity index (χ4n) is 9.81.